The molecule has 1 fully saturated rings. The van der Waals surface area contributed by atoms with Crippen LogP contribution in [0, 0.1) is 20.8 Å². The summed E-state index contributed by atoms with van der Waals surface area (Å²) < 4.78 is 23.0. The molecule has 2 aliphatic heterocycles. The lowest BCUT2D eigenvalue weighted by Gasteiger charge is -2.36. The molecule has 9 nitrogen and oxygen atoms in total. The molecule has 3 aromatic rings. The first kappa shape index (κ1) is 23.7. The molecular weight excluding hydrogens is 466 g/mol. The topological polar surface area (TPSA) is 119 Å². The minimum atomic E-state index is -2.98. The average Bonchev–Trinajstić information content (AvgIpc) is 3.39. The minimum absolute atomic E-state index is 0.0374. The number of carbonyl (C=O) groups excluding carboxylic acids is 1. The van der Waals surface area contributed by atoms with Crippen LogP contribution in [0.2, 0.25) is 0 Å². The standard InChI is InChI=1S/C25H31N5O4S/c1-14-5-8-26-24(31)19(14)23-27-21-15(2)18-13-30(25(32)20(18)16(3)22(21)28-23)17-6-9-29(10-7-17)11-12-35(4,33)34/h5,8,17H,6-7,9-13H2,1-4H3,(H,26,31)(H,27,28). The van der Waals surface area contributed by atoms with Crippen molar-refractivity contribution in [1.82, 2.24) is 24.8 Å². The van der Waals surface area contributed by atoms with Crippen LogP contribution < -0.4 is 5.56 Å². The van der Waals surface area contributed by atoms with Gasteiger partial charge in [0, 0.05) is 44.7 Å². The number of imidazole rings is 1. The first-order chi connectivity index (χ1) is 16.5. The van der Waals surface area contributed by atoms with Crippen LogP contribution in [0.1, 0.15) is 45.5 Å². The number of likely N-dealkylation sites (tertiary alicyclic amines) is 1. The number of aromatic amines is 2. The maximum absolute atomic E-state index is 13.6. The SMILES string of the molecule is Cc1cc[nH]c(=O)c1-c1nc2c(C)c3c(c(C)c2[nH]1)CN(C1CCN(CCS(C)(=O)=O)CC1)C3=O. The van der Waals surface area contributed by atoms with E-state index < -0.39 is 9.84 Å². The Morgan fingerprint density at radius 1 is 1.09 bits per heavy atom. The van der Waals surface area contributed by atoms with E-state index in [-0.39, 0.29) is 23.3 Å². The Hall–Kier alpha value is -2.98. The summed E-state index contributed by atoms with van der Waals surface area (Å²) in [5, 5.41) is 0. The number of pyridine rings is 1. The zero-order valence-corrected chi connectivity index (χ0v) is 21.4. The van der Waals surface area contributed by atoms with Crippen LogP contribution in [0.15, 0.2) is 17.1 Å². The fourth-order valence-electron chi connectivity index (χ4n) is 5.51. The molecule has 0 saturated carbocycles. The van der Waals surface area contributed by atoms with E-state index in [0.29, 0.717) is 24.5 Å². The van der Waals surface area contributed by atoms with Gasteiger partial charge in [-0.15, -0.1) is 0 Å². The highest BCUT2D eigenvalue weighted by atomic mass is 32.2. The van der Waals surface area contributed by atoms with E-state index in [4.69, 9.17) is 4.98 Å². The molecule has 0 spiro atoms. The molecule has 0 bridgehead atoms. The van der Waals surface area contributed by atoms with E-state index >= 15 is 0 Å². The van der Waals surface area contributed by atoms with Crippen molar-refractivity contribution in [3.63, 3.8) is 0 Å². The van der Waals surface area contributed by atoms with E-state index in [2.05, 4.69) is 14.9 Å². The lowest BCUT2D eigenvalue weighted by atomic mass is 9.97. The summed E-state index contributed by atoms with van der Waals surface area (Å²) in [6.07, 6.45) is 4.55. The van der Waals surface area contributed by atoms with Gasteiger partial charge in [-0.2, -0.15) is 0 Å². The number of amides is 1. The van der Waals surface area contributed by atoms with Crippen molar-refractivity contribution in [2.45, 2.75) is 46.2 Å². The summed E-state index contributed by atoms with van der Waals surface area (Å²) in [5.41, 5.74) is 6.32. The molecular formula is C25H31N5O4S. The normalized spacial score (nSPS) is 17.5. The third-order valence-corrected chi connectivity index (χ3v) is 8.47. The van der Waals surface area contributed by atoms with Gasteiger partial charge in [-0.3, -0.25) is 9.59 Å². The zero-order valence-electron chi connectivity index (χ0n) is 20.6. The molecule has 35 heavy (non-hydrogen) atoms. The van der Waals surface area contributed by atoms with Crippen molar-refractivity contribution in [2.75, 3.05) is 31.6 Å². The summed E-state index contributed by atoms with van der Waals surface area (Å²) in [4.78, 5) is 41.0. The number of hydrogen-bond donors (Lipinski definition) is 2. The minimum Gasteiger partial charge on any atom is -0.338 e. The number of H-pyrrole nitrogens is 2. The van der Waals surface area contributed by atoms with Crippen LogP contribution in [-0.2, 0) is 16.4 Å². The molecule has 2 N–H and O–H groups in total. The zero-order chi connectivity index (χ0) is 25.1. The smallest absolute Gasteiger partial charge is 0.259 e. The van der Waals surface area contributed by atoms with Gasteiger partial charge in [-0.1, -0.05) is 0 Å². The Labute approximate surface area is 204 Å². The molecule has 1 saturated heterocycles. The summed E-state index contributed by atoms with van der Waals surface area (Å²) in [6.45, 7) is 8.50. The van der Waals surface area contributed by atoms with Crippen LogP contribution in [0.25, 0.3) is 22.4 Å². The van der Waals surface area contributed by atoms with Crippen molar-refractivity contribution in [1.29, 1.82) is 0 Å². The summed E-state index contributed by atoms with van der Waals surface area (Å²) in [6, 6.07) is 1.98. The number of fused-ring (bicyclic) bond motifs is 2. The van der Waals surface area contributed by atoms with Crippen molar-refractivity contribution in [3.8, 4) is 11.4 Å². The van der Waals surface area contributed by atoms with Gasteiger partial charge in [0.25, 0.3) is 11.5 Å². The number of aromatic nitrogens is 3. The van der Waals surface area contributed by atoms with Gasteiger partial charge >= 0.3 is 0 Å². The Bertz CT molecular complexity index is 1500. The van der Waals surface area contributed by atoms with E-state index in [1.165, 1.54) is 6.26 Å². The first-order valence-electron chi connectivity index (χ1n) is 12.0. The highest BCUT2D eigenvalue weighted by molar-refractivity contribution is 7.90. The lowest BCUT2D eigenvalue weighted by molar-refractivity contribution is 0.0602. The molecule has 5 rings (SSSR count). The van der Waals surface area contributed by atoms with Gasteiger partial charge in [-0.05, 0) is 61.9 Å². The molecule has 0 aliphatic carbocycles. The van der Waals surface area contributed by atoms with Gasteiger partial charge < -0.3 is 19.8 Å². The van der Waals surface area contributed by atoms with Gasteiger partial charge in [0.1, 0.15) is 15.7 Å². The number of piperidine rings is 1. The monoisotopic (exact) mass is 497 g/mol. The third-order valence-electron chi connectivity index (χ3n) is 7.55. The van der Waals surface area contributed by atoms with Gasteiger partial charge in [0.2, 0.25) is 0 Å². The number of sulfone groups is 1. The Morgan fingerprint density at radius 2 is 1.80 bits per heavy atom. The molecule has 10 heteroatoms. The van der Waals surface area contributed by atoms with E-state index in [9.17, 15) is 18.0 Å². The molecule has 0 unspecified atom stereocenters. The summed E-state index contributed by atoms with van der Waals surface area (Å²) in [7, 11) is -2.98. The van der Waals surface area contributed by atoms with E-state index in [1.54, 1.807) is 6.20 Å². The summed E-state index contributed by atoms with van der Waals surface area (Å²) in [5.74, 6) is 0.718. The van der Waals surface area contributed by atoms with Crippen molar-refractivity contribution in [3.05, 3.63) is 50.4 Å². The summed E-state index contributed by atoms with van der Waals surface area (Å²) >= 11 is 0. The van der Waals surface area contributed by atoms with Crippen LogP contribution in [-0.4, -0.2) is 76.8 Å². The van der Waals surface area contributed by atoms with Crippen LogP contribution >= 0.6 is 0 Å². The van der Waals surface area contributed by atoms with E-state index in [0.717, 1.165) is 64.8 Å². The largest absolute Gasteiger partial charge is 0.338 e. The molecule has 1 aromatic carbocycles. The third kappa shape index (κ3) is 4.18. The lowest BCUT2D eigenvalue weighted by Crippen LogP contribution is -2.46. The Morgan fingerprint density at radius 3 is 2.46 bits per heavy atom. The van der Waals surface area contributed by atoms with Crippen molar-refractivity contribution in [2.24, 2.45) is 0 Å². The second-order valence-electron chi connectivity index (χ2n) is 9.91. The van der Waals surface area contributed by atoms with Gasteiger partial charge in [0.15, 0.2) is 0 Å². The maximum atomic E-state index is 13.6. The maximum Gasteiger partial charge on any atom is 0.259 e. The Kier molecular flexibility index (Phi) is 5.83. The predicted molar refractivity (Wildman–Crippen MR) is 135 cm³/mol. The highest BCUT2D eigenvalue weighted by Gasteiger charge is 2.38. The molecule has 2 aliphatic rings. The number of rotatable bonds is 5. The molecule has 1 amide bonds. The van der Waals surface area contributed by atoms with Gasteiger partial charge in [0.05, 0.1) is 27.9 Å². The molecule has 4 heterocycles. The van der Waals surface area contributed by atoms with Crippen LogP contribution in [0.3, 0.4) is 0 Å². The van der Waals surface area contributed by atoms with E-state index in [1.807, 2.05) is 31.7 Å². The van der Waals surface area contributed by atoms with Gasteiger partial charge in [-0.25, -0.2) is 13.4 Å². The van der Waals surface area contributed by atoms with Crippen molar-refractivity contribution < 1.29 is 13.2 Å². The number of aryl methyl sites for hydroxylation is 3. The number of hydrogen-bond acceptors (Lipinski definition) is 6. The fraction of sp³-hybridized carbons (Fsp3) is 0.480. The Balaban J connectivity index is 1.42. The first-order valence-corrected chi connectivity index (χ1v) is 14.0. The molecule has 0 radical (unpaired) electrons. The fourth-order valence-corrected chi connectivity index (χ4v) is 6.10. The predicted octanol–water partition coefficient (Wildman–Crippen LogP) is 2.31. The number of carbonyl (C=O) groups is 1. The van der Waals surface area contributed by atoms with Crippen LogP contribution in [0.5, 0.6) is 0 Å². The van der Waals surface area contributed by atoms with Crippen molar-refractivity contribution >= 4 is 26.8 Å². The van der Waals surface area contributed by atoms with Crippen LogP contribution in [0.4, 0.5) is 0 Å². The number of nitrogens with one attached hydrogen (secondary N) is 2. The number of benzene rings is 1. The second kappa shape index (κ2) is 8.60. The molecule has 2 aromatic heterocycles. The number of nitrogens with zero attached hydrogens (tertiary/aromatic N) is 3. The highest BCUT2D eigenvalue weighted by Crippen LogP contribution is 2.37. The second-order valence-corrected chi connectivity index (χ2v) is 12.2. The quantitative estimate of drug-likeness (QED) is 0.558. The average molecular weight is 498 g/mol. The molecule has 186 valence electrons. The molecule has 0 atom stereocenters.